The molecule has 0 bridgehead atoms. The molecule has 1 fully saturated rings. The molecule has 0 unspecified atom stereocenters. The maximum Gasteiger partial charge on any atom is 0.302 e. The molecule has 8 heteroatoms. The Morgan fingerprint density at radius 3 is 3.00 bits per heavy atom. The molecule has 0 aromatic carbocycles. The molecule has 2 atom stereocenters. The van der Waals surface area contributed by atoms with Gasteiger partial charge in [-0.05, 0) is 17.0 Å². The predicted octanol–water partition coefficient (Wildman–Crippen LogP) is 1.14. The molecule has 122 valence electrons. The van der Waals surface area contributed by atoms with Crippen molar-refractivity contribution in [3.8, 4) is 0 Å². The monoisotopic (exact) mass is 352 g/mol. The van der Waals surface area contributed by atoms with Crippen LogP contribution in [0.15, 0.2) is 29.3 Å². The Kier molecular flexibility index (Phi) is 4.72. The van der Waals surface area contributed by atoms with E-state index in [0.717, 1.165) is 10.5 Å². The highest BCUT2D eigenvalue weighted by molar-refractivity contribution is 8.00. The maximum absolute atomic E-state index is 12.2. The van der Waals surface area contributed by atoms with Gasteiger partial charge in [-0.15, -0.1) is 23.1 Å². The number of hydrogen-bond donors (Lipinski definition) is 1. The third kappa shape index (κ3) is 3.59. The van der Waals surface area contributed by atoms with E-state index in [2.05, 4.69) is 5.32 Å². The van der Waals surface area contributed by atoms with Crippen LogP contribution in [0.25, 0.3) is 0 Å². The number of amides is 2. The van der Waals surface area contributed by atoms with E-state index in [0.29, 0.717) is 12.2 Å². The highest BCUT2D eigenvalue weighted by atomic mass is 32.2. The average molecular weight is 352 g/mol. The van der Waals surface area contributed by atoms with Gasteiger partial charge in [0, 0.05) is 23.8 Å². The summed E-state index contributed by atoms with van der Waals surface area (Å²) in [4.78, 5) is 37.6. The Labute approximate surface area is 141 Å². The van der Waals surface area contributed by atoms with E-state index in [-0.39, 0.29) is 29.8 Å². The highest BCUT2D eigenvalue weighted by Crippen LogP contribution is 2.36. The summed E-state index contributed by atoms with van der Waals surface area (Å²) in [6.45, 7) is 1.56. The number of carbonyl (C=O) groups excluding carboxylic acids is 3. The standard InChI is InChI=1S/C15H16N2O4S2/c1-9(18)21-7-10-6-17-14(20)13(15(17)23-8-10)16-12(19)5-11-3-2-4-22-11/h2-4,6,13,15H,5,7-8H2,1H3,(H,16,19)/t13-,15-/m1/s1. The first-order valence-corrected chi connectivity index (χ1v) is 9.06. The molecule has 1 aromatic rings. The Balaban J connectivity index is 1.54. The summed E-state index contributed by atoms with van der Waals surface area (Å²) < 4.78 is 4.95. The van der Waals surface area contributed by atoms with Gasteiger partial charge >= 0.3 is 5.97 Å². The van der Waals surface area contributed by atoms with Gasteiger partial charge in [0.1, 0.15) is 18.0 Å². The number of thiophene rings is 1. The van der Waals surface area contributed by atoms with E-state index in [1.807, 2.05) is 17.5 Å². The van der Waals surface area contributed by atoms with Crippen LogP contribution in [0.3, 0.4) is 0 Å². The van der Waals surface area contributed by atoms with Crippen molar-refractivity contribution in [3.05, 3.63) is 34.2 Å². The number of nitrogens with one attached hydrogen (secondary N) is 1. The van der Waals surface area contributed by atoms with Gasteiger partial charge in [0.05, 0.1) is 6.42 Å². The summed E-state index contributed by atoms with van der Waals surface area (Å²) in [5, 5.41) is 4.66. The molecule has 3 rings (SSSR count). The van der Waals surface area contributed by atoms with E-state index < -0.39 is 6.04 Å². The molecule has 23 heavy (non-hydrogen) atoms. The second-order valence-electron chi connectivity index (χ2n) is 5.32. The lowest BCUT2D eigenvalue weighted by Gasteiger charge is -2.47. The van der Waals surface area contributed by atoms with Crippen LogP contribution in [-0.4, -0.2) is 46.5 Å². The average Bonchev–Trinajstić information content (AvgIpc) is 3.03. The number of rotatable bonds is 5. The summed E-state index contributed by atoms with van der Waals surface area (Å²) in [6.07, 6.45) is 2.03. The van der Waals surface area contributed by atoms with E-state index >= 15 is 0 Å². The van der Waals surface area contributed by atoms with Gasteiger partial charge < -0.3 is 15.0 Å². The molecule has 2 aliphatic heterocycles. The third-order valence-corrected chi connectivity index (χ3v) is 5.79. The predicted molar refractivity (Wildman–Crippen MR) is 87.8 cm³/mol. The van der Waals surface area contributed by atoms with E-state index in [1.54, 1.807) is 22.9 Å². The van der Waals surface area contributed by atoms with Crippen LogP contribution < -0.4 is 5.32 Å². The number of carbonyl (C=O) groups is 3. The summed E-state index contributed by atoms with van der Waals surface area (Å²) in [5.41, 5.74) is 0.887. The zero-order chi connectivity index (χ0) is 16.4. The van der Waals surface area contributed by atoms with E-state index in [4.69, 9.17) is 4.74 Å². The molecule has 1 N–H and O–H groups in total. The number of fused-ring (bicyclic) bond motifs is 1. The van der Waals surface area contributed by atoms with Crippen LogP contribution in [0.1, 0.15) is 11.8 Å². The van der Waals surface area contributed by atoms with Gasteiger partial charge in [-0.3, -0.25) is 14.4 Å². The lowest BCUT2D eigenvalue weighted by Crippen LogP contribution is -2.68. The van der Waals surface area contributed by atoms with Crippen LogP contribution in [0.5, 0.6) is 0 Å². The first kappa shape index (κ1) is 16.1. The number of ether oxygens (including phenoxy) is 1. The quantitative estimate of drug-likeness (QED) is 0.635. The van der Waals surface area contributed by atoms with Crippen molar-refractivity contribution in [1.82, 2.24) is 10.2 Å². The minimum Gasteiger partial charge on any atom is -0.461 e. The van der Waals surface area contributed by atoms with Crippen molar-refractivity contribution in [2.45, 2.75) is 24.8 Å². The Hall–Kier alpha value is -1.80. The van der Waals surface area contributed by atoms with Crippen LogP contribution >= 0.6 is 23.1 Å². The zero-order valence-electron chi connectivity index (χ0n) is 12.5. The molecule has 1 saturated heterocycles. The molecule has 0 saturated carbocycles. The number of nitrogens with zero attached hydrogens (tertiary/aromatic N) is 1. The minimum absolute atomic E-state index is 0.0733. The van der Waals surface area contributed by atoms with Gasteiger partial charge in [-0.25, -0.2) is 0 Å². The lowest BCUT2D eigenvalue weighted by molar-refractivity contribution is -0.144. The Morgan fingerprint density at radius 1 is 1.48 bits per heavy atom. The van der Waals surface area contributed by atoms with Gasteiger partial charge in [0.15, 0.2) is 0 Å². The summed E-state index contributed by atoms with van der Waals surface area (Å²) >= 11 is 3.09. The fourth-order valence-corrected chi connectivity index (χ4v) is 4.38. The maximum atomic E-state index is 12.2. The van der Waals surface area contributed by atoms with Crippen molar-refractivity contribution >= 4 is 40.9 Å². The topological polar surface area (TPSA) is 75.7 Å². The lowest BCUT2D eigenvalue weighted by atomic mass is 10.1. The van der Waals surface area contributed by atoms with Crippen molar-refractivity contribution in [3.63, 3.8) is 0 Å². The molecule has 2 aliphatic rings. The first-order chi connectivity index (χ1) is 11.0. The van der Waals surface area contributed by atoms with Crippen molar-refractivity contribution in [2.75, 3.05) is 12.4 Å². The Morgan fingerprint density at radius 2 is 2.30 bits per heavy atom. The molecule has 2 amide bonds. The normalized spacial score (nSPS) is 22.7. The fourth-order valence-electron chi connectivity index (χ4n) is 2.43. The molecule has 3 heterocycles. The molecular weight excluding hydrogens is 336 g/mol. The van der Waals surface area contributed by atoms with Crippen molar-refractivity contribution in [2.24, 2.45) is 0 Å². The number of esters is 1. The third-order valence-electron chi connectivity index (χ3n) is 3.53. The molecular formula is C15H16N2O4S2. The largest absolute Gasteiger partial charge is 0.461 e. The molecule has 1 aromatic heterocycles. The second-order valence-corrected chi connectivity index (χ2v) is 7.45. The van der Waals surface area contributed by atoms with Crippen LogP contribution in [0, 0.1) is 0 Å². The molecule has 6 nitrogen and oxygen atoms in total. The minimum atomic E-state index is -0.473. The van der Waals surface area contributed by atoms with Gasteiger partial charge in [0.25, 0.3) is 5.91 Å². The number of hydrogen-bond acceptors (Lipinski definition) is 6. The van der Waals surface area contributed by atoms with Crippen LogP contribution in [0.4, 0.5) is 0 Å². The summed E-state index contributed by atoms with van der Waals surface area (Å²) in [5.74, 6) is 0.0772. The first-order valence-electron chi connectivity index (χ1n) is 7.13. The summed E-state index contributed by atoms with van der Waals surface area (Å²) in [7, 11) is 0. The molecule has 0 spiro atoms. The fraction of sp³-hybridized carbons (Fsp3) is 0.400. The molecule has 0 aliphatic carbocycles. The van der Waals surface area contributed by atoms with Crippen LogP contribution in [-0.2, 0) is 25.5 Å². The summed E-state index contributed by atoms with van der Waals surface area (Å²) in [6, 6.07) is 3.33. The smallest absolute Gasteiger partial charge is 0.302 e. The van der Waals surface area contributed by atoms with Crippen LogP contribution in [0.2, 0.25) is 0 Å². The van der Waals surface area contributed by atoms with Crippen molar-refractivity contribution in [1.29, 1.82) is 0 Å². The van der Waals surface area contributed by atoms with E-state index in [1.165, 1.54) is 18.3 Å². The van der Waals surface area contributed by atoms with Gasteiger partial charge in [-0.1, -0.05) is 6.07 Å². The highest BCUT2D eigenvalue weighted by Gasteiger charge is 2.49. The number of thioether (sulfide) groups is 1. The molecule has 0 radical (unpaired) electrons. The SMILES string of the molecule is CC(=O)OCC1=CN2C(=O)[C@@H](NC(=O)Cc3cccs3)[C@H]2SC1. The Bertz CT molecular complexity index is 656. The van der Waals surface area contributed by atoms with Gasteiger partial charge in [-0.2, -0.15) is 0 Å². The van der Waals surface area contributed by atoms with Crippen molar-refractivity contribution < 1.29 is 19.1 Å². The van der Waals surface area contributed by atoms with E-state index in [9.17, 15) is 14.4 Å². The number of β-lactam (4-membered cyclic amide) rings is 1. The van der Waals surface area contributed by atoms with Gasteiger partial charge in [0.2, 0.25) is 5.91 Å². The zero-order valence-corrected chi connectivity index (χ0v) is 14.1. The second kappa shape index (κ2) is 6.76.